The van der Waals surface area contributed by atoms with Gasteiger partial charge in [-0.1, -0.05) is 17.2 Å². The molecule has 1 aromatic carbocycles. The molecule has 0 unspecified atom stereocenters. The summed E-state index contributed by atoms with van der Waals surface area (Å²) in [6, 6.07) is 9.55. The van der Waals surface area contributed by atoms with E-state index in [9.17, 15) is 14.4 Å². The van der Waals surface area contributed by atoms with Gasteiger partial charge in [0.15, 0.2) is 5.69 Å². The maximum absolute atomic E-state index is 12.1. The Morgan fingerprint density at radius 1 is 1.22 bits per heavy atom. The maximum Gasteiger partial charge on any atom is 0.382 e. The number of imide groups is 1. The Morgan fingerprint density at radius 2 is 1.83 bits per heavy atom. The average Bonchev–Trinajstić information content (AvgIpc) is 2.80. The van der Waals surface area contributed by atoms with Crippen LogP contribution in [0.2, 0.25) is 0 Å². The fourth-order valence-electron chi connectivity index (χ4n) is 2.23. The zero-order valence-corrected chi connectivity index (χ0v) is 11.9. The van der Waals surface area contributed by atoms with Crippen LogP contribution in [0.15, 0.2) is 36.5 Å². The van der Waals surface area contributed by atoms with Crippen molar-refractivity contribution in [2.45, 2.75) is 6.92 Å². The molecule has 112 valence electrons. The fourth-order valence-corrected chi connectivity index (χ4v) is 2.23. The Labute approximate surface area is 130 Å². The Balaban J connectivity index is 1.86. The van der Waals surface area contributed by atoms with Crippen LogP contribution in [0.3, 0.4) is 0 Å². The molecule has 3 rings (SSSR count). The van der Waals surface area contributed by atoms with Crippen LogP contribution in [0.1, 0.15) is 42.3 Å². The molecule has 0 radical (unpaired) electrons. The van der Waals surface area contributed by atoms with Gasteiger partial charge in [-0.15, -0.1) is 0 Å². The van der Waals surface area contributed by atoms with E-state index in [-0.39, 0.29) is 16.8 Å². The first-order chi connectivity index (χ1) is 11.0. The molecule has 0 atom stereocenters. The van der Waals surface area contributed by atoms with Gasteiger partial charge in [-0.2, -0.15) is 5.26 Å². The smallest absolute Gasteiger partial charge is 0.322 e. The predicted octanol–water partition coefficient (Wildman–Crippen LogP) is 1.63. The maximum atomic E-state index is 12.1. The lowest BCUT2D eigenvalue weighted by Crippen LogP contribution is -2.33. The quantitative estimate of drug-likeness (QED) is 0.782. The van der Waals surface area contributed by atoms with Crippen LogP contribution in [0.4, 0.5) is 0 Å². The van der Waals surface area contributed by atoms with Crippen molar-refractivity contribution in [2.24, 2.45) is 0 Å². The SMILES string of the molecule is Cc1cc(C#N)cnc1C(=O)ON1C(=O)c2ccccc2C1=O. The molecule has 7 heteroatoms. The normalized spacial score (nSPS) is 12.8. The molecule has 0 spiro atoms. The fraction of sp³-hybridized carbons (Fsp3) is 0.0625. The van der Waals surface area contributed by atoms with Gasteiger partial charge in [0.25, 0.3) is 11.8 Å². The Hall–Kier alpha value is -3.53. The van der Waals surface area contributed by atoms with E-state index >= 15 is 0 Å². The predicted molar refractivity (Wildman–Crippen MR) is 76.0 cm³/mol. The molecule has 7 nitrogen and oxygen atoms in total. The Bertz CT molecular complexity index is 863. The van der Waals surface area contributed by atoms with Crippen molar-refractivity contribution in [3.05, 3.63) is 64.5 Å². The number of aryl methyl sites for hydroxylation is 1. The van der Waals surface area contributed by atoms with Crippen molar-refractivity contribution < 1.29 is 19.2 Å². The summed E-state index contributed by atoms with van der Waals surface area (Å²) in [5, 5.41) is 9.21. The summed E-state index contributed by atoms with van der Waals surface area (Å²) in [7, 11) is 0. The van der Waals surface area contributed by atoms with Gasteiger partial charge in [-0.3, -0.25) is 9.59 Å². The molecule has 0 saturated carbocycles. The van der Waals surface area contributed by atoms with E-state index in [1.54, 1.807) is 19.1 Å². The summed E-state index contributed by atoms with van der Waals surface area (Å²) in [6.07, 6.45) is 1.21. The largest absolute Gasteiger partial charge is 0.382 e. The van der Waals surface area contributed by atoms with Crippen molar-refractivity contribution in [1.82, 2.24) is 10.0 Å². The molecule has 0 aliphatic carbocycles. The van der Waals surface area contributed by atoms with Gasteiger partial charge in [-0.25, -0.2) is 9.78 Å². The van der Waals surface area contributed by atoms with Gasteiger partial charge in [0.05, 0.1) is 16.7 Å². The molecule has 23 heavy (non-hydrogen) atoms. The van der Waals surface area contributed by atoms with E-state index in [2.05, 4.69) is 4.98 Å². The number of pyridine rings is 1. The first-order valence-electron chi connectivity index (χ1n) is 6.60. The molecule has 1 aliphatic rings. The molecule has 2 heterocycles. The average molecular weight is 307 g/mol. The first-order valence-corrected chi connectivity index (χ1v) is 6.60. The second-order valence-corrected chi connectivity index (χ2v) is 4.83. The highest BCUT2D eigenvalue weighted by atomic mass is 16.7. The van der Waals surface area contributed by atoms with Crippen LogP contribution in [-0.2, 0) is 4.84 Å². The number of carbonyl (C=O) groups excluding carboxylic acids is 3. The third-order valence-corrected chi connectivity index (χ3v) is 3.33. The van der Waals surface area contributed by atoms with E-state index in [1.807, 2.05) is 6.07 Å². The molecule has 2 aromatic rings. The number of hydroxylamine groups is 2. The Morgan fingerprint density at radius 3 is 2.35 bits per heavy atom. The number of aromatic nitrogens is 1. The standard InChI is InChI=1S/C16H9N3O4/c1-9-6-10(7-17)8-18-13(9)16(22)23-19-14(20)11-4-2-3-5-12(11)15(19)21/h2-6,8H,1H3. The number of hydrogen-bond acceptors (Lipinski definition) is 6. The van der Waals surface area contributed by atoms with E-state index < -0.39 is 17.8 Å². The van der Waals surface area contributed by atoms with Crippen LogP contribution in [0.5, 0.6) is 0 Å². The van der Waals surface area contributed by atoms with Gasteiger partial charge in [0.1, 0.15) is 6.07 Å². The van der Waals surface area contributed by atoms with Gasteiger partial charge in [-0.05, 0) is 30.7 Å². The van der Waals surface area contributed by atoms with Crippen molar-refractivity contribution in [3.63, 3.8) is 0 Å². The molecule has 0 saturated heterocycles. The van der Waals surface area contributed by atoms with E-state index in [1.165, 1.54) is 24.4 Å². The molecule has 1 aliphatic heterocycles. The lowest BCUT2D eigenvalue weighted by Gasteiger charge is -2.13. The third kappa shape index (κ3) is 2.32. The molecular weight excluding hydrogens is 298 g/mol. The van der Waals surface area contributed by atoms with Crippen molar-refractivity contribution >= 4 is 17.8 Å². The Kier molecular flexibility index (Phi) is 3.35. The minimum absolute atomic E-state index is 0.0689. The number of rotatable bonds is 2. The third-order valence-electron chi connectivity index (χ3n) is 3.33. The highest BCUT2D eigenvalue weighted by molar-refractivity contribution is 6.21. The van der Waals surface area contributed by atoms with Crippen molar-refractivity contribution in [2.75, 3.05) is 0 Å². The van der Waals surface area contributed by atoms with Crippen LogP contribution in [-0.4, -0.2) is 27.8 Å². The molecular formula is C16H9N3O4. The summed E-state index contributed by atoms with van der Waals surface area (Å²) >= 11 is 0. The number of fused-ring (bicyclic) bond motifs is 1. The van der Waals surface area contributed by atoms with E-state index in [0.717, 1.165) is 0 Å². The summed E-state index contributed by atoms with van der Waals surface area (Å²) in [4.78, 5) is 45.1. The highest BCUT2D eigenvalue weighted by Crippen LogP contribution is 2.23. The van der Waals surface area contributed by atoms with E-state index in [0.29, 0.717) is 16.2 Å². The minimum Gasteiger partial charge on any atom is -0.322 e. The number of hydrogen-bond donors (Lipinski definition) is 0. The zero-order valence-electron chi connectivity index (χ0n) is 11.9. The number of benzene rings is 1. The topological polar surface area (TPSA) is 100 Å². The van der Waals surface area contributed by atoms with Crippen molar-refractivity contribution in [3.8, 4) is 6.07 Å². The molecule has 0 bridgehead atoms. The van der Waals surface area contributed by atoms with Crippen LogP contribution in [0, 0.1) is 18.3 Å². The van der Waals surface area contributed by atoms with Gasteiger partial charge >= 0.3 is 5.97 Å². The van der Waals surface area contributed by atoms with Crippen LogP contribution >= 0.6 is 0 Å². The van der Waals surface area contributed by atoms with Crippen molar-refractivity contribution in [1.29, 1.82) is 5.26 Å². The molecule has 2 amide bonds. The highest BCUT2D eigenvalue weighted by Gasteiger charge is 2.39. The molecule has 0 N–H and O–H groups in total. The number of carbonyl (C=O) groups is 3. The number of nitriles is 1. The first kappa shape index (κ1) is 14.4. The number of nitrogens with zero attached hydrogens (tertiary/aromatic N) is 3. The van der Waals surface area contributed by atoms with Gasteiger partial charge < -0.3 is 4.84 Å². The van der Waals surface area contributed by atoms with E-state index in [4.69, 9.17) is 10.1 Å². The van der Waals surface area contributed by atoms with Gasteiger partial charge in [0, 0.05) is 6.20 Å². The number of amides is 2. The summed E-state index contributed by atoms with van der Waals surface area (Å²) in [5.74, 6) is -2.35. The van der Waals surface area contributed by atoms with Crippen LogP contribution in [0.25, 0.3) is 0 Å². The second kappa shape index (κ2) is 5.35. The summed E-state index contributed by atoms with van der Waals surface area (Å²) in [5.41, 5.74) is 0.982. The minimum atomic E-state index is -0.943. The zero-order chi connectivity index (χ0) is 16.6. The second-order valence-electron chi connectivity index (χ2n) is 4.83. The van der Waals surface area contributed by atoms with Gasteiger partial charge in [0.2, 0.25) is 0 Å². The lowest BCUT2D eigenvalue weighted by atomic mass is 10.1. The lowest BCUT2D eigenvalue weighted by molar-refractivity contribution is -0.0589. The molecule has 0 fully saturated rings. The van der Waals surface area contributed by atoms with Crippen LogP contribution < -0.4 is 0 Å². The summed E-state index contributed by atoms with van der Waals surface area (Å²) in [6.45, 7) is 1.58. The molecule has 1 aromatic heterocycles. The summed E-state index contributed by atoms with van der Waals surface area (Å²) < 4.78 is 0. The monoisotopic (exact) mass is 307 g/mol.